The third-order valence-electron chi connectivity index (χ3n) is 5.14. The minimum Gasteiger partial charge on any atom is -0.364 e. The van der Waals surface area contributed by atoms with Crippen molar-refractivity contribution in [3.05, 3.63) is 35.8 Å². The Labute approximate surface area is 166 Å². The van der Waals surface area contributed by atoms with Gasteiger partial charge < -0.3 is 15.2 Å². The number of nitrogens with one attached hydrogen (secondary N) is 3. The van der Waals surface area contributed by atoms with Crippen LogP contribution in [0.15, 0.2) is 29.4 Å². The summed E-state index contributed by atoms with van der Waals surface area (Å²) >= 11 is 0. The highest BCUT2D eigenvalue weighted by molar-refractivity contribution is 7.92. The molecule has 1 aromatic carbocycles. The number of sulfonamides is 1. The smallest absolute Gasteiger partial charge is 0.277 e. The van der Waals surface area contributed by atoms with Gasteiger partial charge in [-0.15, -0.1) is 0 Å². The fourth-order valence-corrected chi connectivity index (χ4v) is 4.59. The Kier molecular flexibility index (Phi) is 4.49. The number of anilines is 3. The molecule has 4 rings (SSSR count). The molecule has 0 aliphatic carbocycles. The van der Waals surface area contributed by atoms with E-state index in [4.69, 9.17) is 0 Å². The maximum atomic E-state index is 15.3. The van der Waals surface area contributed by atoms with Gasteiger partial charge in [0, 0.05) is 31.1 Å². The molecule has 1 fully saturated rings. The van der Waals surface area contributed by atoms with E-state index in [2.05, 4.69) is 15.0 Å². The molecule has 29 heavy (non-hydrogen) atoms. The Bertz CT molecular complexity index is 1100. The second kappa shape index (κ2) is 6.76. The monoisotopic (exact) mass is 421 g/mol. The van der Waals surface area contributed by atoms with Gasteiger partial charge in [-0.25, -0.2) is 4.39 Å². The van der Waals surface area contributed by atoms with E-state index < -0.39 is 33.6 Å². The van der Waals surface area contributed by atoms with E-state index in [-0.39, 0.29) is 34.9 Å². The van der Waals surface area contributed by atoms with Crippen molar-refractivity contribution in [2.24, 2.45) is 5.92 Å². The number of amides is 2. The van der Waals surface area contributed by atoms with Crippen LogP contribution in [0.3, 0.4) is 0 Å². The van der Waals surface area contributed by atoms with E-state index in [0.717, 1.165) is 4.90 Å². The number of rotatable bonds is 5. The van der Waals surface area contributed by atoms with Gasteiger partial charge in [-0.1, -0.05) is 6.92 Å². The van der Waals surface area contributed by atoms with Crippen molar-refractivity contribution in [3.8, 4) is 0 Å². The number of aromatic amines is 1. The van der Waals surface area contributed by atoms with Crippen molar-refractivity contribution in [1.29, 1.82) is 0 Å². The lowest BCUT2D eigenvalue weighted by atomic mass is 10.1. The summed E-state index contributed by atoms with van der Waals surface area (Å²) in [6.07, 6.45) is 1.51. The average molecular weight is 421 g/mol. The zero-order valence-corrected chi connectivity index (χ0v) is 16.6. The number of nitrogens with zero attached hydrogens (tertiary/aromatic N) is 2. The zero-order chi connectivity index (χ0) is 20.9. The van der Waals surface area contributed by atoms with Crippen LogP contribution in [-0.2, 0) is 26.2 Å². The zero-order valence-electron chi connectivity index (χ0n) is 15.8. The number of hydrogen-bond acceptors (Lipinski definition) is 6. The second-order valence-corrected chi connectivity index (χ2v) is 8.86. The normalized spacial score (nSPS) is 18.9. The van der Waals surface area contributed by atoms with Crippen LogP contribution < -0.4 is 14.9 Å². The molecule has 3 N–H and O–H groups in total. The Morgan fingerprint density at radius 2 is 2.10 bits per heavy atom. The molecule has 2 amide bonds. The summed E-state index contributed by atoms with van der Waals surface area (Å²) in [7, 11) is -2.28. The number of aromatic nitrogens is 1. The summed E-state index contributed by atoms with van der Waals surface area (Å²) in [5.74, 6) is -2.00. The fraction of sp³-hybridized carbons (Fsp3) is 0.333. The molecule has 1 unspecified atom stereocenters. The second-order valence-electron chi connectivity index (χ2n) is 7.21. The third-order valence-corrected chi connectivity index (χ3v) is 6.46. The first-order valence-electron chi connectivity index (χ1n) is 9.00. The number of carbonyl (C=O) groups is 2. The van der Waals surface area contributed by atoms with Gasteiger partial charge >= 0.3 is 0 Å². The van der Waals surface area contributed by atoms with E-state index in [1.54, 1.807) is 18.9 Å². The molecule has 0 saturated carbocycles. The van der Waals surface area contributed by atoms with Crippen molar-refractivity contribution in [2.45, 2.75) is 24.9 Å². The summed E-state index contributed by atoms with van der Waals surface area (Å²) < 4.78 is 43.1. The lowest BCUT2D eigenvalue weighted by molar-refractivity contribution is -0.139. The maximum absolute atomic E-state index is 15.3. The SMILES string of the molecule is CC1CC(=O)N(Cc2c(NS(=O)(=O)c3ccc[nH]3)cc3c(c2F)NCN3C)C1=O. The molecule has 2 aliphatic heterocycles. The maximum Gasteiger partial charge on any atom is 0.277 e. The summed E-state index contributed by atoms with van der Waals surface area (Å²) in [6.45, 7) is 1.62. The summed E-state index contributed by atoms with van der Waals surface area (Å²) in [6, 6.07) is 4.40. The van der Waals surface area contributed by atoms with Crippen molar-refractivity contribution in [2.75, 3.05) is 28.7 Å². The molecular weight excluding hydrogens is 401 g/mol. The van der Waals surface area contributed by atoms with E-state index in [9.17, 15) is 18.0 Å². The largest absolute Gasteiger partial charge is 0.364 e. The number of H-pyrrole nitrogens is 1. The quantitative estimate of drug-likeness (QED) is 0.633. The van der Waals surface area contributed by atoms with Crippen molar-refractivity contribution >= 4 is 38.9 Å². The molecular formula is C18H20FN5O4S. The first-order chi connectivity index (χ1) is 13.7. The molecule has 2 aliphatic rings. The molecule has 0 radical (unpaired) electrons. The molecule has 1 atom stereocenters. The van der Waals surface area contributed by atoms with Crippen molar-refractivity contribution < 1.29 is 22.4 Å². The van der Waals surface area contributed by atoms with Crippen LogP contribution in [-0.4, -0.2) is 43.8 Å². The van der Waals surface area contributed by atoms with Crippen LogP contribution in [0.4, 0.5) is 21.5 Å². The molecule has 0 bridgehead atoms. The topological polar surface area (TPSA) is 115 Å². The van der Waals surface area contributed by atoms with Gasteiger partial charge in [0.25, 0.3) is 10.0 Å². The van der Waals surface area contributed by atoms with Crippen LogP contribution in [0.25, 0.3) is 0 Å². The van der Waals surface area contributed by atoms with E-state index >= 15 is 4.39 Å². The lowest BCUT2D eigenvalue weighted by Gasteiger charge is -2.21. The molecule has 11 heteroatoms. The third kappa shape index (κ3) is 3.20. The minimum absolute atomic E-state index is 0.0217. The first-order valence-corrected chi connectivity index (χ1v) is 10.5. The Morgan fingerprint density at radius 3 is 2.72 bits per heavy atom. The number of hydrogen-bond donors (Lipinski definition) is 3. The number of imide groups is 1. The Hall–Kier alpha value is -3.08. The molecule has 9 nitrogen and oxygen atoms in total. The number of fused-ring (bicyclic) bond motifs is 1. The Morgan fingerprint density at radius 1 is 1.34 bits per heavy atom. The van der Waals surface area contributed by atoms with Gasteiger partial charge in [0.2, 0.25) is 11.8 Å². The molecule has 1 saturated heterocycles. The highest BCUT2D eigenvalue weighted by atomic mass is 32.2. The first kappa shape index (κ1) is 19.2. The van der Waals surface area contributed by atoms with Gasteiger partial charge in [0.05, 0.1) is 30.3 Å². The highest BCUT2D eigenvalue weighted by Gasteiger charge is 2.37. The number of halogens is 1. The number of carbonyl (C=O) groups excluding carboxylic acids is 2. The molecule has 2 aromatic rings. The van der Waals surface area contributed by atoms with Crippen LogP contribution in [0, 0.1) is 11.7 Å². The van der Waals surface area contributed by atoms with E-state index in [1.165, 1.54) is 24.4 Å². The van der Waals surface area contributed by atoms with Crippen LogP contribution >= 0.6 is 0 Å². The summed E-state index contributed by atoms with van der Waals surface area (Å²) in [5.41, 5.74) is 0.587. The fourth-order valence-electron chi connectivity index (χ4n) is 3.53. The average Bonchev–Trinajstić information content (AvgIpc) is 3.36. The van der Waals surface area contributed by atoms with E-state index in [1.807, 2.05) is 0 Å². The van der Waals surface area contributed by atoms with Gasteiger partial charge in [-0.05, 0) is 18.2 Å². The molecule has 0 spiro atoms. The summed E-state index contributed by atoms with van der Waals surface area (Å²) in [4.78, 5) is 29.8. The van der Waals surface area contributed by atoms with Gasteiger partial charge in [0.15, 0.2) is 10.8 Å². The van der Waals surface area contributed by atoms with Crippen LogP contribution in [0.1, 0.15) is 18.9 Å². The van der Waals surface area contributed by atoms with Gasteiger partial charge in [0.1, 0.15) is 0 Å². The van der Waals surface area contributed by atoms with Crippen LogP contribution in [0.5, 0.6) is 0 Å². The van der Waals surface area contributed by atoms with Gasteiger partial charge in [-0.3, -0.25) is 19.2 Å². The van der Waals surface area contributed by atoms with Crippen LogP contribution in [0.2, 0.25) is 0 Å². The highest BCUT2D eigenvalue weighted by Crippen LogP contribution is 2.40. The lowest BCUT2D eigenvalue weighted by Crippen LogP contribution is -2.31. The van der Waals surface area contributed by atoms with Gasteiger partial charge in [-0.2, -0.15) is 8.42 Å². The summed E-state index contributed by atoms with van der Waals surface area (Å²) in [5, 5.41) is 2.83. The number of likely N-dealkylation sites (tertiary alicyclic amines) is 1. The number of benzene rings is 1. The molecule has 154 valence electrons. The molecule has 3 heterocycles. The minimum atomic E-state index is -4.02. The van der Waals surface area contributed by atoms with E-state index in [0.29, 0.717) is 12.4 Å². The predicted molar refractivity (Wildman–Crippen MR) is 104 cm³/mol. The van der Waals surface area contributed by atoms with Crippen molar-refractivity contribution in [3.63, 3.8) is 0 Å². The standard InChI is InChI=1S/C18H20FN5O4S/c1-10-6-15(25)24(18(10)26)8-11-12(22-29(27,28)14-4-3-5-20-14)7-13-17(16(11)19)21-9-23(13)2/h3-5,7,10,20-22H,6,8-9H2,1-2H3. The molecule has 1 aromatic heterocycles. The predicted octanol–water partition coefficient (Wildman–Crippen LogP) is 1.67. The van der Waals surface area contributed by atoms with Crippen molar-refractivity contribution in [1.82, 2.24) is 9.88 Å². The Balaban J connectivity index is 1.79.